The lowest BCUT2D eigenvalue weighted by atomic mass is 10.1. The minimum atomic E-state index is -0.514. The van der Waals surface area contributed by atoms with Crippen LogP contribution in [0.2, 0.25) is 0 Å². The summed E-state index contributed by atoms with van der Waals surface area (Å²) in [4.78, 5) is 4.65. The summed E-state index contributed by atoms with van der Waals surface area (Å²) < 4.78 is 0. The number of hydrogen-bond donors (Lipinski definition) is 2. The lowest BCUT2D eigenvalue weighted by molar-refractivity contribution is 0.0680. The van der Waals surface area contributed by atoms with Crippen molar-refractivity contribution in [1.82, 2.24) is 4.90 Å². The van der Waals surface area contributed by atoms with Crippen molar-refractivity contribution >= 4 is 11.3 Å². The summed E-state index contributed by atoms with van der Waals surface area (Å²) in [5, 5.41) is 9.89. The van der Waals surface area contributed by atoms with E-state index in [1.54, 1.807) is 11.3 Å². The molecule has 3 N–H and O–H groups in total. The van der Waals surface area contributed by atoms with Crippen molar-refractivity contribution in [2.24, 2.45) is 5.73 Å². The average Bonchev–Trinajstić information content (AvgIpc) is 2.83. The van der Waals surface area contributed by atoms with Crippen LogP contribution in [0.5, 0.6) is 0 Å². The van der Waals surface area contributed by atoms with E-state index in [0.717, 1.165) is 30.9 Å². The Bertz CT molecular complexity index is 442. The lowest BCUT2D eigenvalue weighted by Gasteiger charge is -2.17. The molecular formula is C13H18N2OS. The first-order chi connectivity index (χ1) is 8.09. The SMILES string of the molecule is CC1(O)CCN(Cc2ccc(C#CCN)s2)C1. The third kappa shape index (κ3) is 3.55. The number of likely N-dealkylation sites (tertiary alicyclic amines) is 1. The van der Waals surface area contributed by atoms with E-state index in [-0.39, 0.29) is 0 Å². The van der Waals surface area contributed by atoms with Gasteiger partial charge in [0.15, 0.2) is 0 Å². The van der Waals surface area contributed by atoms with E-state index in [1.807, 2.05) is 13.0 Å². The number of hydrogen-bond acceptors (Lipinski definition) is 4. The molecule has 1 atom stereocenters. The van der Waals surface area contributed by atoms with E-state index in [2.05, 4.69) is 22.8 Å². The van der Waals surface area contributed by atoms with Crippen LogP contribution in [0, 0.1) is 11.8 Å². The van der Waals surface area contributed by atoms with Crippen molar-refractivity contribution in [1.29, 1.82) is 0 Å². The highest BCUT2D eigenvalue weighted by molar-refractivity contribution is 7.12. The summed E-state index contributed by atoms with van der Waals surface area (Å²) in [5.74, 6) is 5.90. The highest BCUT2D eigenvalue weighted by Crippen LogP contribution is 2.24. The molecule has 1 aromatic heterocycles. The molecule has 0 saturated carbocycles. The minimum Gasteiger partial charge on any atom is -0.389 e. The molecular weight excluding hydrogens is 232 g/mol. The summed E-state index contributed by atoms with van der Waals surface area (Å²) in [7, 11) is 0. The predicted octanol–water partition coefficient (Wildman–Crippen LogP) is 1.02. The quantitative estimate of drug-likeness (QED) is 0.770. The van der Waals surface area contributed by atoms with Gasteiger partial charge in [-0.05, 0) is 25.5 Å². The van der Waals surface area contributed by atoms with E-state index in [0.29, 0.717) is 6.54 Å². The first-order valence-corrected chi connectivity index (χ1v) is 6.63. The highest BCUT2D eigenvalue weighted by atomic mass is 32.1. The minimum absolute atomic E-state index is 0.405. The largest absolute Gasteiger partial charge is 0.389 e. The Morgan fingerprint density at radius 1 is 1.59 bits per heavy atom. The zero-order valence-corrected chi connectivity index (χ0v) is 10.9. The summed E-state index contributed by atoms with van der Waals surface area (Å²) in [5.41, 5.74) is 4.83. The molecule has 4 heteroatoms. The Morgan fingerprint density at radius 3 is 3.06 bits per heavy atom. The molecule has 0 spiro atoms. The van der Waals surface area contributed by atoms with Crippen molar-refractivity contribution in [2.75, 3.05) is 19.6 Å². The van der Waals surface area contributed by atoms with Crippen LogP contribution in [0.4, 0.5) is 0 Å². The molecule has 0 amide bonds. The molecule has 2 heterocycles. The number of thiophene rings is 1. The van der Waals surface area contributed by atoms with Crippen molar-refractivity contribution in [3.63, 3.8) is 0 Å². The standard InChI is InChI=1S/C13H18N2OS/c1-13(16)6-8-15(10-13)9-12-5-4-11(17-12)3-2-7-14/h4-5,16H,6-10,14H2,1H3. The molecule has 0 aliphatic carbocycles. The second kappa shape index (κ2) is 5.19. The molecule has 2 rings (SSSR count). The molecule has 0 radical (unpaired) electrons. The topological polar surface area (TPSA) is 49.5 Å². The second-order valence-corrected chi connectivity index (χ2v) is 5.90. The van der Waals surface area contributed by atoms with Crippen LogP contribution < -0.4 is 5.73 Å². The molecule has 17 heavy (non-hydrogen) atoms. The first kappa shape index (κ1) is 12.6. The van der Waals surface area contributed by atoms with Crippen LogP contribution in [0.15, 0.2) is 12.1 Å². The van der Waals surface area contributed by atoms with Crippen LogP contribution in [-0.4, -0.2) is 35.2 Å². The average molecular weight is 250 g/mol. The lowest BCUT2D eigenvalue weighted by Crippen LogP contribution is -2.29. The van der Waals surface area contributed by atoms with Crippen molar-refractivity contribution in [2.45, 2.75) is 25.5 Å². The molecule has 1 fully saturated rings. The first-order valence-electron chi connectivity index (χ1n) is 5.81. The van der Waals surface area contributed by atoms with Crippen LogP contribution in [-0.2, 0) is 6.54 Å². The van der Waals surface area contributed by atoms with E-state index in [1.165, 1.54) is 4.88 Å². The Balaban J connectivity index is 1.94. The van der Waals surface area contributed by atoms with E-state index in [9.17, 15) is 5.11 Å². The number of nitrogens with two attached hydrogens (primary N) is 1. The molecule has 0 aromatic carbocycles. The maximum Gasteiger partial charge on any atom is 0.0772 e. The van der Waals surface area contributed by atoms with Gasteiger partial charge in [0, 0.05) is 24.5 Å². The van der Waals surface area contributed by atoms with Gasteiger partial charge in [-0.2, -0.15) is 0 Å². The Labute approximate surface area is 106 Å². The van der Waals surface area contributed by atoms with Gasteiger partial charge in [-0.1, -0.05) is 11.8 Å². The maximum absolute atomic E-state index is 9.89. The summed E-state index contributed by atoms with van der Waals surface area (Å²) >= 11 is 1.71. The van der Waals surface area contributed by atoms with Crippen LogP contribution in [0.3, 0.4) is 0 Å². The number of β-amino-alcohol motifs (C(OH)–C–C–N with tert-alkyl or cyclic N) is 1. The van der Waals surface area contributed by atoms with Gasteiger partial charge in [0.25, 0.3) is 0 Å². The number of aliphatic hydroxyl groups is 1. The van der Waals surface area contributed by atoms with Gasteiger partial charge in [-0.3, -0.25) is 4.90 Å². The maximum atomic E-state index is 9.89. The fraction of sp³-hybridized carbons (Fsp3) is 0.538. The zero-order valence-electron chi connectivity index (χ0n) is 10.1. The third-order valence-electron chi connectivity index (χ3n) is 2.89. The van der Waals surface area contributed by atoms with Crippen LogP contribution in [0.25, 0.3) is 0 Å². The zero-order chi connectivity index (χ0) is 12.3. The Hall–Kier alpha value is -0.860. The summed E-state index contributed by atoms with van der Waals surface area (Å²) in [6.45, 7) is 4.94. The molecule has 1 aliphatic rings. The fourth-order valence-electron chi connectivity index (χ4n) is 2.06. The second-order valence-electron chi connectivity index (χ2n) is 4.73. The molecule has 0 bridgehead atoms. The van der Waals surface area contributed by atoms with E-state index >= 15 is 0 Å². The highest BCUT2D eigenvalue weighted by Gasteiger charge is 2.31. The van der Waals surface area contributed by atoms with Gasteiger partial charge >= 0.3 is 0 Å². The smallest absolute Gasteiger partial charge is 0.0772 e. The van der Waals surface area contributed by atoms with Gasteiger partial charge in [0.2, 0.25) is 0 Å². The normalized spacial score (nSPS) is 24.6. The van der Waals surface area contributed by atoms with Gasteiger partial charge in [-0.25, -0.2) is 0 Å². The summed E-state index contributed by atoms with van der Waals surface area (Å²) in [6, 6.07) is 4.15. The van der Waals surface area contributed by atoms with Crippen LogP contribution in [0.1, 0.15) is 23.1 Å². The molecule has 1 aromatic rings. The van der Waals surface area contributed by atoms with E-state index in [4.69, 9.17) is 5.73 Å². The molecule has 3 nitrogen and oxygen atoms in total. The van der Waals surface area contributed by atoms with E-state index < -0.39 is 5.60 Å². The van der Waals surface area contributed by atoms with Crippen molar-refractivity contribution in [3.8, 4) is 11.8 Å². The summed E-state index contributed by atoms with van der Waals surface area (Å²) in [6.07, 6.45) is 0.859. The Kier molecular flexibility index (Phi) is 3.85. The van der Waals surface area contributed by atoms with Gasteiger partial charge in [0.1, 0.15) is 0 Å². The molecule has 1 unspecified atom stereocenters. The van der Waals surface area contributed by atoms with Gasteiger partial charge in [-0.15, -0.1) is 11.3 Å². The van der Waals surface area contributed by atoms with Crippen molar-refractivity contribution in [3.05, 3.63) is 21.9 Å². The van der Waals surface area contributed by atoms with Gasteiger partial charge < -0.3 is 10.8 Å². The van der Waals surface area contributed by atoms with Gasteiger partial charge in [0.05, 0.1) is 17.0 Å². The molecule has 1 aliphatic heterocycles. The fourth-order valence-corrected chi connectivity index (χ4v) is 2.99. The number of rotatable bonds is 2. The molecule has 92 valence electrons. The predicted molar refractivity (Wildman–Crippen MR) is 70.8 cm³/mol. The monoisotopic (exact) mass is 250 g/mol. The van der Waals surface area contributed by atoms with Crippen molar-refractivity contribution < 1.29 is 5.11 Å². The Morgan fingerprint density at radius 2 is 2.41 bits per heavy atom. The molecule has 1 saturated heterocycles. The van der Waals surface area contributed by atoms with Crippen LogP contribution >= 0.6 is 11.3 Å². The number of nitrogens with zero attached hydrogens (tertiary/aromatic N) is 1. The third-order valence-corrected chi connectivity index (χ3v) is 3.87.